The van der Waals surface area contributed by atoms with Gasteiger partial charge in [0.15, 0.2) is 0 Å². The summed E-state index contributed by atoms with van der Waals surface area (Å²) in [5.74, 6) is -0.209. The van der Waals surface area contributed by atoms with Gasteiger partial charge in [0.1, 0.15) is 6.61 Å². The molecule has 2 amide bonds. The molecule has 0 aromatic heterocycles. The molecule has 112 valence electrons. The number of carbonyl (C=O) groups is 2. The van der Waals surface area contributed by atoms with Crippen molar-refractivity contribution >= 4 is 12.0 Å². The van der Waals surface area contributed by atoms with Crippen molar-refractivity contribution in [2.75, 3.05) is 13.1 Å². The van der Waals surface area contributed by atoms with Gasteiger partial charge in [-0.2, -0.15) is 0 Å². The predicted octanol–water partition coefficient (Wildman–Crippen LogP) is 2.09. The molecule has 0 bridgehead atoms. The van der Waals surface area contributed by atoms with E-state index in [-0.39, 0.29) is 24.6 Å². The van der Waals surface area contributed by atoms with Crippen molar-refractivity contribution in [3.8, 4) is 0 Å². The normalized spacial score (nSPS) is 17.9. The third-order valence-electron chi connectivity index (χ3n) is 3.42. The van der Waals surface area contributed by atoms with E-state index in [1.807, 2.05) is 30.3 Å². The zero-order valence-electron chi connectivity index (χ0n) is 12.0. The molecule has 1 heterocycles. The van der Waals surface area contributed by atoms with E-state index in [0.717, 1.165) is 18.4 Å². The van der Waals surface area contributed by atoms with Crippen molar-refractivity contribution in [3.63, 3.8) is 0 Å². The Morgan fingerprint density at radius 2 is 2.14 bits per heavy atom. The van der Waals surface area contributed by atoms with Gasteiger partial charge in [0.25, 0.3) is 0 Å². The minimum atomic E-state index is -0.337. The maximum Gasteiger partial charge on any atom is 0.410 e. The lowest BCUT2D eigenvalue weighted by Gasteiger charge is -2.32. The number of nitrogens with zero attached hydrogens (tertiary/aromatic N) is 1. The fourth-order valence-electron chi connectivity index (χ4n) is 2.33. The molecule has 1 aromatic carbocycles. The van der Waals surface area contributed by atoms with E-state index in [1.165, 1.54) is 6.08 Å². The highest BCUT2D eigenvalue weighted by Crippen LogP contribution is 2.12. The van der Waals surface area contributed by atoms with Gasteiger partial charge < -0.3 is 15.0 Å². The lowest BCUT2D eigenvalue weighted by atomic mass is 10.1. The molecule has 1 N–H and O–H groups in total. The zero-order valence-corrected chi connectivity index (χ0v) is 12.0. The summed E-state index contributed by atoms with van der Waals surface area (Å²) in [6, 6.07) is 9.53. The summed E-state index contributed by atoms with van der Waals surface area (Å²) in [6.45, 7) is 4.83. The molecule has 5 heteroatoms. The van der Waals surface area contributed by atoms with E-state index in [2.05, 4.69) is 11.9 Å². The first kappa shape index (κ1) is 15.1. The summed E-state index contributed by atoms with van der Waals surface area (Å²) in [4.78, 5) is 25.0. The van der Waals surface area contributed by atoms with Gasteiger partial charge in [-0.25, -0.2) is 4.79 Å². The van der Waals surface area contributed by atoms with E-state index in [1.54, 1.807) is 4.90 Å². The van der Waals surface area contributed by atoms with Crippen molar-refractivity contribution in [2.45, 2.75) is 25.5 Å². The molecular weight excluding hydrogens is 268 g/mol. The minimum absolute atomic E-state index is 0.0338. The highest BCUT2D eigenvalue weighted by molar-refractivity contribution is 5.87. The molecule has 1 aliphatic rings. The SMILES string of the molecule is C=CC(=O)NC1CCCN(C(=O)OCc2ccccc2)C1. The van der Waals surface area contributed by atoms with Crippen molar-refractivity contribution in [1.82, 2.24) is 10.2 Å². The molecule has 0 spiro atoms. The van der Waals surface area contributed by atoms with Gasteiger partial charge in [-0.3, -0.25) is 4.79 Å². The van der Waals surface area contributed by atoms with E-state index >= 15 is 0 Å². The average Bonchev–Trinajstić information content (AvgIpc) is 2.53. The topological polar surface area (TPSA) is 58.6 Å². The van der Waals surface area contributed by atoms with Gasteiger partial charge in [0.2, 0.25) is 5.91 Å². The van der Waals surface area contributed by atoms with E-state index in [9.17, 15) is 9.59 Å². The van der Waals surface area contributed by atoms with Gasteiger partial charge in [-0.1, -0.05) is 36.9 Å². The summed E-state index contributed by atoms with van der Waals surface area (Å²) >= 11 is 0. The van der Waals surface area contributed by atoms with E-state index in [4.69, 9.17) is 4.74 Å². The molecule has 1 fully saturated rings. The number of benzene rings is 1. The Morgan fingerprint density at radius 3 is 2.86 bits per heavy atom. The Labute approximate surface area is 124 Å². The van der Waals surface area contributed by atoms with Crippen LogP contribution in [0.5, 0.6) is 0 Å². The van der Waals surface area contributed by atoms with Crippen LogP contribution in [-0.4, -0.2) is 36.0 Å². The molecular formula is C16H20N2O3. The lowest BCUT2D eigenvalue weighted by molar-refractivity contribution is -0.117. The first-order valence-corrected chi connectivity index (χ1v) is 7.07. The Hall–Kier alpha value is -2.30. The van der Waals surface area contributed by atoms with E-state index < -0.39 is 0 Å². The third-order valence-corrected chi connectivity index (χ3v) is 3.42. The number of piperidine rings is 1. The van der Waals surface area contributed by atoms with Crippen LogP contribution < -0.4 is 5.32 Å². The second kappa shape index (κ2) is 7.47. The summed E-state index contributed by atoms with van der Waals surface area (Å²) in [6.07, 6.45) is 2.62. The van der Waals surface area contributed by atoms with Gasteiger partial charge in [-0.15, -0.1) is 0 Å². The average molecular weight is 288 g/mol. The maximum absolute atomic E-state index is 12.0. The van der Waals surface area contributed by atoms with Crippen LogP contribution in [0.1, 0.15) is 18.4 Å². The maximum atomic E-state index is 12.0. The quantitative estimate of drug-likeness (QED) is 0.863. The number of carbonyl (C=O) groups excluding carboxylic acids is 2. The van der Waals surface area contributed by atoms with Crippen molar-refractivity contribution < 1.29 is 14.3 Å². The van der Waals surface area contributed by atoms with Crippen LogP contribution >= 0.6 is 0 Å². The number of hydrogen-bond acceptors (Lipinski definition) is 3. The van der Waals surface area contributed by atoms with E-state index in [0.29, 0.717) is 13.1 Å². The third kappa shape index (κ3) is 4.63. The largest absolute Gasteiger partial charge is 0.445 e. The molecule has 0 aliphatic carbocycles. The van der Waals surface area contributed by atoms with Crippen LogP contribution in [0.15, 0.2) is 43.0 Å². The summed E-state index contributed by atoms with van der Waals surface area (Å²) < 4.78 is 5.30. The van der Waals surface area contributed by atoms with Crippen LogP contribution in [-0.2, 0) is 16.1 Å². The summed E-state index contributed by atoms with van der Waals surface area (Å²) in [5, 5.41) is 2.82. The number of ether oxygens (including phenoxy) is 1. The molecule has 2 rings (SSSR count). The van der Waals surface area contributed by atoms with Crippen LogP contribution in [0, 0.1) is 0 Å². The van der Waals surface area contributed by atoms with Crippen LogP contribution in [0.4, 0.5) is 4.79 Å². The first-order valence-electron chi connectivity index (χ1n) is 7.07. The number of nitrogens with one attached hydrogen (secondary N) is 1. The Balaban J connectivity index is 1.81. The number of likely N-dealkylation sites (tertiary alicyclic amines) is 1. The Kier molecular flexibility index (Phi) is 5.37. The second-order valence-electron chi connectivity index (χ2n) is 5.04. The molecule has 21 heavy (non-hydrogen) atoms. The molecule has 1 aromatic rings. The fourth-order valence-corrected chi connectivity index (χ4v) is 2.33. The molecule has 1 aliphatic heterocycles. The van der Waals surface area contributed by atoms with Crippen LogP contribution in [0.2, 0.25) is 0 Å². The van der Waals surface area contributed by atoms with Crippen LogP contribution in [0.25, 0.3) is 0 Å². The number of hydrogen-bond donors (Lipinski definition) is 1. The highest BCUT2D eigenvalue weighted by Gasteiger charge is 2.25. The monoisotopic (exact) mass is 288 g/mol. The predicted molar refractivity (Wildman–Crippen MR) is 79.6 cm³/mol. The van der Waals surface area contributed by atoms with Gasteiger partial charge in [0.05, 0.1) is 0 Å². The summed E-state index contributed by atoms with van der Waals surface area (Å²) in [7, 11) is 0. The molecule has 0 radical (unpaired) electrons. The highest BCUT2D eigenvalue weighted by atomic mass is 16.6. The number of rotatable bonds is 4. The molecule has 5 nitrogen and oxygen atoms in total. The molecule has 0 saturated carbocycles. The molecule has 1 atom stereocenters. The number of amides is 2. The summed E-state index contributed by atoms with van der Waals surface area (Å²) in [5.41, 5.74) is 0.958. The molecule has 1 saturated heterocycles. The van der Waals surface area contributed by atoms with Gasteiger partial charge >= 0.3 is 6.09 Å². The van der Waals surface area contributed by atoms with Crippen molar-refractivity contribution in [1.29, 1.82) is 0 Å². The van der Waals surface area contributed by atoms with Crippen molar-refractivity contribution in [3.05, 3.63) is 48.6 Å². The smallest absolute Gasteiger partial charge is 0.410 e. The van der Waals surface area contributed by atoms with Crippen molar-refractivity contribution in [2.24, 2.45) is 0 Å². The first-order chi connectivity index (χ1) is 10.2. The Bertz CT molecular complexity index is 502. The Morgan fingerprint density at radius 1 is 1.38 bits per heavy atom. The van der Waals surface area contributed by atoms with Gasteiger partial charge in [0, 0.05) is 19.1 Å². The standard InChI is InChI=1S/C16H20N2O3/c1-2-15(19)17-14-9-6-10-18(11-14)16(20)21-12-13-7-4-3-5-8-13/h2-5,7-8,14H,1,6,9-12H2,(H,17,19). The second-order valence-corrected chi connectivity index (χ2v) is 5.04. The van der Waals surface area contributed by atoms with Gasteiger partial charge in [-0.05, 0) is 24.5 Å². The fraction of sp³-hybridized carbons (Fsp3) is 0.375. The lowest BCUT2D eigenvalue weighted by Crippen LogP contribution is -2.49. The zero-order chi connectivity index (χ0) is 15.1. The minimum Gasteiger partial charge on any atom is -0.445 e. The van der Waals surface area contributed by atoms with Crippen LogP contribution in [0.3, 0.4) is 0 Å². The molecule has 1 unspecified atom stereocenters.